The molecule has 0 amide bonds. The molecule has 3 nitrogen and oxygen atoms in total. The first kappa shape index (κ1) is 13.5. The van der Waals surface area contributed by atoms with Crippen LogP contribution in [0.3, 0.4) is 0 Å². The Morgan fingerprint density at radius 3 is 2.71 bits per heavy atom. The summed E-state index contributed by atoms with van der Waals surface area (Å²) in [5.41, 5.74) is 0.543. The van der Waals surface area contributed by atoms with Crippen LogP contribution in [0.5, 0.6) is 11.5 Å². The number of Topliss-reactive ketones (excluding diaryl/α,β-unsaturated/α-hetero) is 1. The smallest absolute Gasteiger partial charge is 1.00 e. The average Bonchev–Trinajstić information content (AvgIpc) is 2.08. The van der Waals surface area contributed by atoms with E-state index in [4.69, 9.17) is 4.74 Å². The molecule has 0 radical (unpaired) electrons. The van der Waals surface area contributed by atoms with Crippen molar-refractivity contribution in [1.82, 2.24) is 0 Å². The van der Waals surface area contributed by atoms with Crippen molar-refractivity contribution in [2.75, 3.05) is 6.61 Å². The fraction of sp³-hybridized carbons (Fsp3) is 0.300. The van der Waals surface area contributed by atoms with Gasteiger partial charge in [0.25, 0.3) is 0 Å². The Balaban J connectivity index is 0. The van der Waals surface area contributed by atoms with Gasteiger partial charge in [0.2, 0.25) is 0 Å². The van der Waals surface area contributed by atoms with E-state index in [0.29, 0.717) is 17.9 Å². The second-order valence-corrected chi connectivity index (χ2v) is 2.67. The topological polar surface area (TPSA) is 46.5 Å². The monoisotopic (exact) mass is 204 g/mol. The zero-order valence-electron chi connectivity index (χ0n) is 9.70. The molecule has 0 atom stereocenters. The maximum atomic E-state index is 11.0. The van der Waals surface area contributed by atoms with Gasteiger partial charge in [0.15, 0.2) is 17.3 Å². The summed E-state index contributed by atoms with van der Waals surface area (Å²) in [6.07, 6.45) is 0. The van der Waals surface area contributed by atoms with Gasteiger partial charge in [-0.05, 0) is 32.0 Å². The minimum absolute atomic E-state index is 0. The van der Waals surface area contributed by atoms with E-state index in [1.165, 1.54) is 13.0 Å². The number of phenols is 1. The van der Waals surface area contributed by atoms with Gasteiger partial charge in [-0.2, -0.15) is 0 Å². The summed E-state index contributed by atoms with van der Waals surface area (Å²) in [5.74, 6) is 0.378. The zero-order chi connectivity index (χ0) is 9.84. The second kappa shape index (κ2) is 6.06. The van der Waals surface area contributed by atoms with Gasteiger partial charge in [0.05, 0.1) is 6.61 Å². The number of ether oxygens (including phenoxy) is 1. The minimum Gasteiger partial charge on any atom is -1.00 e. The van der Waals surface area contributed by atoms with E-state index >= 15 is 0 Å². The number of hydrogen-bond donors (Lipinski definition) is 1. The molecule has 0 unspecified atom stereocenters. The first-order valence-electron chi connectivity index (χ1n) is 4.12. The molecule has 1 aromatic rings. The van der Waals surface area contributed by atoms with E-state index in [0.717, 1.165) is 0 Å². The van der Waals surface area contributed by atoms with Gasteiger partial charge in [0.1, 0.15) is 0 Å². The molecule has 4 heteroatoms. The molecule has 1 rings (SSSR count). The molecule has 0 heterocycles. The molecule has 0 aliphatic rings. The predicted molar refractivity (Wildman–Crippen MR) is 50.4 cm³/mol. The van der Waals surface area contributed by atoms with Crippen LogP contribution in [0, 0.1) is 0 Å². The maximum absolute atomic E-state index is 11.0. The third kappa shape index (κ3) is 3.33. The fourth-order valence-corrected chi connectivity index (χ4v) is 1.00. The molecule has 14 heavy (non-hydrogen) atoms. The predicted octanol–water partition coefficient (Wildman–Crippen LogP) is -0.890. The third-order valence-corrected chi connectivity index (χ3v) is 1.67. The molecule has 0 aromatic heterocycles. The van der Waals surface area contributed by atoms with Gasteiger partial charge in [-0.3, -0.25) is 4.79 Å². The number of carbonyl (C=O) groups excluding carboxylic acids is 1. The zero-order valence-corrected chi connectivity index (χ0v) is 10.7. The molecular weight excluding hydrogens is 191 g/mol. The van der Waals surface area contributed by atoms with Crippen LogP contribution in [-0.2, 0) is 0 Å². The molecule has 0 bridgehead atoms. The Morgan fingerprint density at radius 2 is 2.21 bits per heavy atom. The number of hydrogen-bond acceptors (Lipinski definition) is 3. The Morgan fingerprint density at radius 1 is 1.57 bits per heavy atom. The first-order chi connectivity index (χ1) is 6.15. The van der Waals surface area contributed by atoms with Gasteiger partial charge in [-0.1, -0.05) is 0 Å². The van der Waals surface area contributed by atoms with E-state index in [9.17, 15) is 9.90 Å². The van der Waals surface area contributed by atoms with E-state index in [1.807, 2.05) is 6.92 Å². The van der Waals surface area contributed by atoms with E-state index in [1.54, 1.807) is 12.1 Å². The summed E-state index contributed by atoms with van der Waals surface area (Å²) in [6.45, 7) is 3.76. The average molecular weight is 204 g/mol. The molecule has 0 saturated heterocycles. The maximum Gasteiger partial charge on any atom is 1.00 e. The van der Waals surface area contributed by atoms with Gasteiger partial charge in [-0.15, -0.1) is 0 Å². The minimum atomic E-state index is -0.0408. The molecular formula is C10H13NaO3. The Hall–Kier alpha value is -0.510. The molecule has 0 saturated carbocycles. The van der Waals surface area contributed by atoms with Crippen LogP contribution in [-0.4, -0.2) is 17.5 Å². The number of carbonyl (C=O) groups is 1. The van der Waals surface area contributed by atoms with Crippen LogP contribution >= 0.6 is 0 Å². The van der Waals surface area contributed by atoms with Crippen molar-refractivity contribution in [2.45, 2.75) is 13.8 Å². The van der Waals surface area contributed by atoms with Crippen LogP contribution in [0.25, 0.3) is 0 Å². The van der Waals surface area contributed by atoms with E-state index in [2.05, 4.69) is 0 Å². The summed E-state index contributed by atoms with van der Waals surface area (Å²) >= 11 is 0. The van der Waals surface area contributed by atoms with Crippen molar-refractivity contribution in [3.05, 3.63) is 23.8 Å². The van der Waals surface area contributed by atoms with Crippen molar-refractivity contribution in [2.24, 2.45) is 0 Å². The van der Waals surface area contributed by atoms with Gasteiger partial charge >= 0.3 is 29.6 Å². The SMILES string of the molecule is CCOc1cc(C(C)=O)ccc1O.[H-].[Na+]. The Kier molecular flexibility index (Phi) is 5.84. The number of aromatic hydroxyl groups is 1. The molecule has 0 aliphatic heterocycles. The van der Waals surface area contributed by atoms with Gasteiger partial charge in [-0.25, -0.2) is 0 Å². The summed E-state index contributed by atoms with van der Waals surface area (Å²) in [7, 11) is 0. The largest absolute Gasteiger partial charge is 1.00 e. The quantitative estimate of drug-likeness (QED) is 0.513. The van der Waals surface area contributed by atoms with E-state index < -0.39 is 0 Å². The number of benzene rings is 1. The molecule has 0 aliphatic carbocycles. The summed E-state index contributed by atoms with van der Waals surface area (Å²) in [6, 6.07) is 4.57. The van der Waals surface area contributed by atoms with Crippen molar-refractivity contribution < 1.29 is 45.6 Å². The number of ketones is 1. The summed E-state index contributed by atoms with van der Waals surface area (Å²) in [5, 5.41) is 9.31. The van der Waals surface area contributed by atoms with Crippen LogP contribution in [0.1, 0.15) is 25.6 Å². The van der Waals surface area contributed by atoms with Gasteiger partial charge < -0.3 is 11.3 Å². The Labute approximate surface area is 107 Å². The summed E-state index contributed by atoms with van der Waals surface area (Å²) in [4.78, 5) is 11.0. The normalized spacial score (nSPS) is 9.00. The van der Waals surface area contributed by atoms with Crippen LogP contribution in [0.4, 0.5) is 0 Å². The van der Waals surface area contributed by atoms with Gasteiger partial charge in [0, 0.05) is 5.56 Å². The van der Waals surface area contributed by atoms with Crippen LogP contribution in [0.15, 0.2) is 18.2 Å². The van der Waals surface area contributed by atoms with Crippen molar-refractivity contribution >= 4 is 5.78 Å². The van der Waals surface area contributed by atoms with Crippen LogP contribution in [0.2, 0.25) is 0 Å². The Bertz CT molecular complexity index is 328. The number of rotatable bonds is 3. The van der Waals surface area contributed by atoms with E-state index in [-0.39, 0.29) is 42.5 Å². The molecule has 1 aromatic carbocycles. The number of phenolic OH excluding ortho intramolecular Hbond substituents is 1. The first-order valence-corrected chi connectivity index (χ1v) is 4.12. The molecule has 0 spiro atoms. The second-order valence-electron chi connectivity index (χ2n) is 2.67. The van der Waals surface area contributed by atoms with Crippen molar-refractivity contribution in [3.63, 3.8) is 0 Å². The summed E-state index contributed by atoms with van der Waals surface area (Å²) < 4.78 is 5.13. The molecule has 72 valence electrons. The van der Waals surface area contributed by atoms with Crippen molar-refractivity contribution in [1.29, 1.82) is 0 Å². The van der Waals surface area contributed by atoms with Crippen molar-refractivity contribution in [3.8, 4) is 11.5 Å². The molecule has 0 fully saturated rings. The fourth-order valence-electron chi connectivity index (χ4n) is 1.00. The van der Waals surface area contributed by atoms with Crippen LogP contribution < -0.4 is 34.3 Å². The molecule has 1 N–H and O–H groups in total. The third-order valence-electron chi connectivity index (χ3n) is 1.67. The standard InChI is InChI=1S/C10H12O3.Na.H/c1-3-13-10-6-8(7(2)11)4-5-9(10)12;;/h4-6,12H,3H2,1-2H3;;/q;+1;-1.